The number of hydrogen-bond acceptors (Lipinski definition) is 7. The number of carbonyl (C=O) groups is 3. The summed E-state index contributed by atoms with van der Waals surface area (Å²) in [4.78, 5) is 49.0. The molecule has 2 aliphatic rings. The van der Waals surface area contributed by atoms with E-state index < -0.39 is 5.91 Å². The van der Waals surface area contributed by atoms with E-state index in [0.717, 1.165) is 18.5 Å². The molecule has 11 heteroatoms. The first kappa shape index (κ1) is 24.2. The van der Waals surface area contributed by atoms with Gasteiger partial charge in [0.15, 0.2) is 5.58 Å². The average Bonchev–Trinajstić information content (AvgIpc) is 3.23. The van der Waals surface area contributed by atoms with E-state index in [4.69, 9.17) is 20.8 Å². The van der Waals surface area contributed by atoms with Crippen LogP contribution < -0.4 is 10.6 Å². The SMILES string of the molecule is Cc1ccc2oc(C(=O)Nc3ccc(Cl)cn3)c(NC(=O)C3CCC(N4CCOCC4=O)CC3)c2n1. The number of aromatic nitrogens is 2. The molecule has 0 spiro atoms. The fraction of sp³-hybridized carbons (Fsp3) is 0.400. The predicted octanol–water partition coefficient (Wildman–Crippen LogP) is 3.79. The molecule has 0 aromatic carbocycles. The van der Waals surface area contributed by atoms with Crippen LogP contribution >= 0.6 is 11.6 Å². The largest absolute Gasteiger partial charge is 0.447 e. The molecule has 1 saturated heterocycles. The average molecular weight is 512 g/mol. The Bertz CT molecular complexity index is 1300. The summed E-state index contributed by atoms with van der Waals surface area (Å²) in [6.07, 6.45) is 4.18. The van der Waals surface area contributed by atoms with Crippen molar-refractivity contribution in [3.05, 3.63) is 46.9 Å². The van der Waals surface area contributed by atoms with Gasteiger partial charge in [-0.3, -0.25) is 14.4 Å². The van der Waals surface area contributed by atoms with Gasteiger partial charge < -0.3 is 24.7 Å². The van der Waals surface area contributed by atoms with Crippen LogP contribution in [0.2, 0.25) is 5.02 Å². The number of morpholine rings is 1. The second-order valence-corrected chi connectivity index (χ2v) is 9.49. The van der Waals surface area contributed by atoms with Gasteiger partial charge in [0.25, 0.3) is 5.91 Å². The number of aryl methyl sites for hydroxylation is 1. The van der Waals surface area contributed by atoms with E-state index in [2.05, 4.69) is 20.6 Å². The lowest BCUT2D eigenvalue weighted by molar-refractivity contribution is -0.146. The van der Waals surface area contributed by atoms with Gasteiger partial charge in [-0.15, -0.1) is 0 Å². The smallest absolute Gasteiger partial charge is 0.294 e. The Kier molecular flexibility index (Phi) is 6.88. The zero-order valence-electron chi connectivity index (χ0n) is 19.8. The topological polar surface area (TPSA) is 127 Å². The van der Waals surface area contributed by atoms with Gasteiger partial charge in [0.05, 0.1) is 11.6 Å². The molecule has 4 heterocycles. The Balaban J connectivity index is 1.33. The van der Waals surface area contributed by atoms with Gasteiger partial charge in [0, 0.05) is 30.4 Å². The summed E-state index contributed by atoms with van der Waals surface area (Å²) in [5, 5.41) is 6.02. The van der Waals surface area contributed by atoms with Crippen molar-refractivity contribution in [3.63, 3.8) is 0 Å². The van der Waals surface area contributed by atoms with E-state index in [9.17, 15) is 14.4 Å². The number of nitrogens with one attached hydrogen (secondary N) is 2. The van der Waals surface area contributed by atoms with Crippen molar-refractivity contribution in [2.24, 2.45) is 5.92 Å². The molecule has 188 valence electrons. The van der Waals surface area contributed by atoms with Gasteiger partial charge in [0.1, 0.15) is 23.6 Å². The highest BCUT2D eigenvalue weighted by molar-refractivity contribution is 6.30. The number of nitrogens with zero attached hydrogens (tertiary/aromatic N) is 3. The summed E-state index contributed by atoms with van der Waals surface area (Å²) in [5.74, 6) is -0.771. The Hall–Kier alpha value is -3.50. The lowest BCUT2D eigenvalue weighted by atomic mass is 9.84. The van der Waals surface area contributed by atoms with Gasteiger partial charge in [-0.25, -0.2) is 9.97 Å². The molecule has 0 atom stereocenters. The predicted molar refractivity (Wildman–Crippen MR) is 133 cm³/mol. The second-order valence-electron chi connectivity index (χ2n) is 9.06. The number of pyridine rings is 2. The second kappa shape index (κ2) is 10.2. The molecule has 1 aliphatic carbocycles. The van der Waals surface area contributed by atoms with Crippen LogP contribution in [0.3, 0.4) is 0 Å². The van der Waals surface area contributed by atoms with Crippen molar-refractivity contribution in [1.82, 2.24) is 14.9 Å². The third-order valence-electron chi connectivity index (χ3n) is 6.63. The number of rotatable bonds is 5. The summed E-state index contributed by atoms with van der Waals surface area (Å²) >= 11 is 5.88. The van der Waals surface area contributed by atoms with Crippen LogP contribution in [0, 0.1) is 12.8 Å². The maximum Gasteiger partial charge on any atom is 0.294 e. The molecular formula is C25H26ClN5O5. The molecule has 0 bridgehead atoms. The number of amides is 3. The monoisotopic (exact) mass is 511 g/mol. The Morgan fingerprint density at radius 2 is 1.92 bits per heavy atom. The summed E-state index contributed by atoms with van der Waals surface area (Å²) in [5.41, 5.74) is 1.75. The van der Waals surface area contributed by atoms with Crippen LogP contribution in [0.4, 0.5) is 11.5 Å². The number of carbonyl (C=O) groups excluding carboxylic acids is 3. The molecule has 36 heavy (non-hydrogen) atoms. The minimum absolute atomic E-state index is 0.00583. The van der Waals surface area contributed by atoms with Gasteiger partial charge in [-0.05, 0) is 56.9 Å². The maximum absolute atomic E-state index is 13.3. The first-order valence-corrected chi connectivity index (χ1v) is 12.3. The number of anilines is 2. The molecule has 0 radical (unpaired) electrons. The zero-order chi connectivity index (χ0) is 25.2. The molecule has 2 fully saturated rings. The standard InChI is InChI=1S/C25H26ClN5O5/c1-14-2-8-18-21(28-14)22(23(36-18)25(34)29-19-9-5-16(26)12-27-19)30-24(33)15-3-6-17(7-4-15)31-10-11-35-13-20(31)32/h2,5,8-9,12,15,17H,3-4,6-7,10-11,13H2,1H3,(H,30,33)(H,27,29,34). The van der Waals surface area contributed by atoms with Crippen LogP contribution in [-0.4, -0.2) is 58.4 Å². The first-order chi connectivity index (χ1) is 17.4. The minimum atomic E-state index is -0.565. The van der Waals surface area contributed by atoms with Gasteiger partial charge >= 0.3 is 0 Å². The van der Waals surface area contributed by atoms with Crippen molar-refractivity contribution in [2.75, 3.05) is 30.4 Å². The molecule has 5 rings (SSSR count). The number of hydrogen-bond donors (Lipinski definition) is 2. The molecule has 1 aliphatic heterocycles. The van der Waals surface area contributed by atoms with Crippen molar-refractivity contribution in [2.45, 2.75) is 38.6 Å². The molecule has 2 N–H and O–H groups in total. The lowest BCUT2D eigenvalue weighted by Gasteiger charge is -2.38. The van der Waals surface area contributed by atoms with Crippen molar-refractivity contribution in [3.8, 4) is 0 Å². The number of fused-ring (bicyclic) bond motifs is 1. The molecule has 0 unspecified atom stereocenters. The molecule has 1 saturated carbocycles. The molecule has 3 amide bonds. The summed E-state index contributed by atoms with van der Waals surface area (Å²) in [7, 11) is 0. The summed E-state index contributed by atoms with van der Waals surface area (Å²) in [6, 6.07) is 6.79. The lowest BCUT2D eigenvalue weighted by Crippen LogP contribution is -2.49. The van der Waals surface area contributed by atoms with E-state index in [0.29, 0.717) is 47.9 Å². The van der Waals surface area contributed by atoms with Gasteiger partial charge in [0.2, 0.25) is 17.6 Å². The van der Waals surface area contributed by atoms with Crippen LogP contribution in [0.1, 0.15) is 41.9 Å². The Labute approximate surface area is 212 Å². The zero-order valence-corrected chi connectivity index (χ0v) is 20.5. The Morgan fingerprint density at radius 3 is 2.64 bits per heavy atom. The van der Waals surface area contributed by atoms with Gasteiger partial charge in [-0.2, -0.15) is 0 Å². The highest BCUT2D eigenvalue weighted by Gasteiger charge is 2.34. The molecule has 3 aromatic rings. The third-order valence-corrected chi connectivity index (χ3v) is 6.85. The normalized spacial score (nSPS) is 20.4. The highest BCUT2D eigenvalue weighted by Crippen LogP contribution is 2.33. The van der Waals surface area contributed by atoms with Crippen molar-refractivity contribution in [1.29, 1.82) is 0 Å². The van der Waals surface area contributed by atoms with Crippen molar-refractivity contribution >= 4 is 51.9 Å². The summed E-state index contributed by atoms with van der Waals surface area (Å²) < 4.78 is 11.0. The third kappa shape index (κ3) is 5.05. The van der Waals surface area contributed by atoms with E-state index >= 15 is 0 Å². The van der Waals surface area contributed by atoms with E-state index in [1.54, 1.807) is 24.3 Å². The Morgan fingerprint density at radius 1 is 1.11 bits per heavy atom. The highest BCUT2D eigenvalue weighted by atomic mass is 35.5. The van der Waals surface area contributed by atoms with Crippen LogP contribution in [0.5, 0.6) is 0 Å². The van der Waals surface area contributed by atoms with E-state index in [1.165, 1.54) is 6.20 Å². The van der Waals surface area contributed by atoms with Crippen LogP contribution in [0.15, 0.2) is 34.9 Å². The number of ether oxygens (including phenoxy) is 1. The number of furan rings is 1. The van der Waals surface area contributed by atoms with E-state index in [1.807, 2.05) is 11.8 Å². The first-order valence-electron chi connectivity index (χ1n) is 11.9. The minimum Gasteiger partial charge on any atom is -0.447 e. The fourth-order valence-corrected chi connectivity index (χ4v) is 4.88. The van der Waals surface area contributed by atoms with Crippen LogP contribution in [0.25, 0.3) is 11.1 Å². The van der Waals surface area contributed by atoms with Gasteiger partial charge in [-0.1, -0.05) is 11.6 Å². The summed E-state index contributed by atoms with van der Waals surface area (Å²) in [6.45, 7) is 3.08. The van der Waals surface area contributed by atoms with Crippen molar-refractivity contribution < 1.29 is 23.5 Å². The number of halogens is 1. The molecule has 10 nitrogen and oxygen atoms in total. The quantitative estimate of drug-likeness (QED) is 0.533. The molecular weight excluding hydrogens is 486 g/mol. The van der Waals surface area contributed by atoms with E-state index in [-0.39, 0.29) is 41.8 Å². The fourth-order valence-electron chi connectivity index (χ4n) is 4.76. The maximum atomic E-state index is 13.3. The van der Waals surface area contributed by atoms with Crippen LogP contribution in [-0.2, 0) is 14.3 Å². The molecule has 3 aromatic heterocycles.